The van der Waals surface area contributed by atoms with E-state index in [1.54, 1.807) is 0 Å². The van der Waals surface area contributed by atoms with Crippen LogP contribution in [-0.2, 0) is 0 Å². The summed E-state index contributed by atoms with van der Waals surface area (Å²) >= 11 is 0. The van der Waals surface area contributed by atoms with Crippen molar-refractivity contribution in [2.45, 2.75) is 0 Å². The summed E-state index contributed by atoms with van der Waals surface area (Å²) in [5, 5.41) is 6.61. The topological polar surface area (TPSA) is 61.9 Å². The van der Waals surface area contributed by atoms with Crippen LogP contribution in [0.4, 0.5) is 0 Å². The fourth-order valence-corrected chi connectivity index (χ4v) is 10.0. The molecule has 6 aromatic heterocycles. The smallest absolute Gasteiger partial charge is 0.135 e. The van der Waals surface area contributed by atoms with Gasteiger partial charge in [-0.25, -0.2) is 0 Å². The zero-order valence-corrected chi connectivity index (χ0v) is 34.2. The van der Waals surface area contributed by atoms with E-state index < -0.39 is 0 Å². The Bertz CT molecular complexity index is 3840. The van der Waals surface area contributed by atoms with Gasteiger partial charge in [0.1, 0.15) is 22.3 Å². The lowest BCUT2D eigenvalue weighted by atomic mass is 9.95. The van der Waals surface area contributed by atoms with Crippen molar-refractivity contribution in [3.63, 3.8) is 0 Å². The first-order valence-corrected chi connectivity index (χ1v) is 21.5. The summed E-state index contributed by atoms with van der Waals surface area (Å²) < 4.78 is 17.4. The molecule has 0 unspecified atom stereocenters. The molecule has 0 saturated heterocycles. The van der Waals surface area contributed by atoms with Crippen LogP contribution in [0.25, 0.3) is 133 Å². The molecule has 0 atom stereocenters. The van der Waals surface area contributed by atoms with Crippen LogP contribution in [0.3, 0.4) is 0 Å². The molecule has 0 radical (unpaired) electrons. The lowest BCUT2D eigenvalue weighted by Crippen LogP contribution is -1.93. The van der Waals surface area contributed by atoms with Crippen LogP contribution in [0.1, 0.15) is 0 Å². The number of hydrogen-bond donors (Lipinski definition) is 0. The van der Waals surface area contributed by atoms with E-state index in [0.717, 1.165) is 133 Å². The zero-order chi connectivity index (χ0) is 41.9. The molecular weight excluding hydrogens is 785 g/mol. The van der Waals surface area contributed by atoms with Crippen molar-refractivity contribution in [1.29, 1.82) is 0 Å². The van der Waals surface area contributed by atoms with E-state index in [0.29, 0.717) is 0 Å². The molecule has 298 valence electrons. The molecule has 0 aliphatic rings. The van der Waals surface area contributed by atoms with E-state index in [1.807, 2.05) is 24.5 Å². The van der Waals surface area contributed by atoms with E-state index in [2.05, 4.69) is 191 Å². The monoisotopic (exact) mass is 818 g/mol. The predicted molar refractivity (Wildman–Crippen MR) is 262 cm³/mol. The molecule has 8 aromatic carbocycles. The second-order valence-corrected chi connectivity index (χ2v) is 16.6. The van der Waals surface area contributed by atoms with E-state index in [4.69, 9.17) is 18.8 Å². The van der Waals surface area contributed by atoms with Crippen LogP contribution in [-0.4, -0.2) is 19.1 Å². The molecule has 64 heavy (non-hydrogen) atoms. The van der Waals surface area contributed by atoms with Gasteiger partial charge < -0.3 is 18.0 Å². The molecule has 0 bridgehead atoms. The van der Waals surface area contributed by atoms with Gasteiger partial charge in [-0.3, -0.25) is 9.97 Å². The highest BCUT2D eigenvalue weighted by Crippen LogP contribution is 2.40. The summed E-state index contributed by atoms with van der Waals surface area (Å²) in [5.41, 5.74) is 18.9. The van der Waals surface area contributed by atoms with Gasteiger partial charge in [-0.05, 0) is 143 Å². The highest BCUT2D eigenvalue weighted by atomic mass is 16.3. The first-order valence-electron chi connectivity index (χ1n) is 21.5. The molecule has 0 fully saturated rings. The summed E-state index contributed by atoms with van der Waals surface area (Å²) in [7, 11) is 0. The van der Waals surface area contributed by atoms with Crippen molar-refractivity contribution >= 4 is 87.7 Å². The van der Waals surface area contributed by atoms with E-state index in [-0.39, 0.29) is 0 Å². The lowest BCUT2D eigenvalue weighted by Gasteiger charge is -2.09. The number of hydrogen-bond acceptors (Lipinski definition) is 4. The Balaban J connectivity index is 0.826. The van der Waals surface area contributed by atoms with Crippen molar-refractivity contribution in [3.8, 4) is 44.8 Å². The molecule has 0 amide bonds. The van der Waals surface area contributed by atoms with Crippen LogP contribution < -0.4 is 0 Å². The van der Waals surface area contributed by atoms with Crippen LogP contribution >= 0.6 is 0 Å². The van der Waals surface area contributed by atoms with Crippen LogP contribution in [0.15, 0.2) is 215 Å². The number of fused-ring (bicyclic) bond motifs is 12. The third kappa shape index (κ3) is 5.20. The summed E-state index contributed by atoms with van der Waals surface area (Å²) in [4.78, 5) is 9.50. The average molecular weight is 819 g/mol. The van der Waals surface area contributed by atoms with Gasteiger partial charge in [0.05, 0.1) is 33.1 Å². The number of benzene rings is 8. The molecule has 0 aliphatic carbocycles. The van der Waals surface area contributed by atoms with Crippen molar-refractivity contribution in [2.75, 3.05) is 0 Å². The van der Waals surface area contributed by atoms with Gasteiger partial charge in [0, 0.05) is 56.1 Å². The minimum atomic E-state index is 0.864. The van der Waals surface area contributed by atoms with Crippen molar-refractivity contribution < 1.29 is 8.83 Å². The Morgan fingerprint density at radius 3 is 1.11 bits per heavy atom. The second-order valence-electron chi connectivity index (χ2n) is 16.6. The molecule has 14 aromatic rings. The minimum absolute atomic E-state index is 0.864. The fraction of sp³-hybridized carbons (Fsp3) is 0. The molecule has 6 heteroatoms. The average Bonchev–Trinajstić information content (AvgIpc) is 4.11. The maximum absolute atomic E-state index is 6.41. The molecule has 0 saturated carbocycles. The van der Waals surface area contributed by atoms with E-state index >= 15 is 0 Å². The summed E-state index contributed by atoms with van der Waals surface area (Å²) in [5.74, 6) is 0. The first kappa shape index (κ1) is 34.9. The number of furan rings is 2. The van der Waals surface area contributed by atoms with Crippen LogP contribution in [0, 0.1) is 0 Å². The maximum atomic E-state index is 6.41. The first-order chi connectivity index (χ1) is 31.7. The molecule has 0 aliphatic heterocycles. The fourth-order valence-electron chi connectivity index (χ4n) is 10.0. The van der Waals surface area contributed by atoms with E-state index in [9.17, 15) is 0 Å². The van der Waals surface area contributed by atoms with E-state index in [1.165, 1.54) is 0 Å². The summed E-state index contributed by atoms with van der Waals surface area (Å²) in [6.45, 7) is 0. The summed E-state index contributed by atoms with van der Waals surface area (Å²) in [6.07, 6.45) is 3.73. The number of aromatic nitrogens is 4. The second kappa shape index (κ2) is 13.4. The Labute approximate surface area is 365 Å². The quantitative estimate of drug-likeness (QED) is 0.174. The molecular formula is C58H34N4O2. The van der Waals surface area contributed by atoms with Gasteiger partial charge in [0.25, 0.3) is 0 Å². The molecule has 14 rings (SSSR count). The molecule has 6 nitrogen and oxygen atoms in total. The number of nitrogens with zero attached hydrogens (tertiary/aromatic N) is 4. The van der Waals surface area contributed by atoms with Gasteiger partial charge in [0.2, 0.25) is 0 Å². The zero-order valence-electron chi connectivity index (χ0n) is 34.2. The number of para-hydroxylation sites is 2. The third-order valence-corrected chi connectivity index (χ3v) is 13.0. The normalized spacial score (nSPS) is 12.1. The van der Waals surface area contributed by atoms with Crippen molar-refractivity contribution in [1.82, 2.24) is 19.1 Å². The van der Waals surface area contributed by atoms with Gasteiger partial charge >= 0.3 is 0 Å². The van der Waals surface area contributed by atoms with Crippen molar-refractivity contribution in [3.05, 3.63) is 207 Å². The highest BCUT2D eigenvalue weighted by molar-refractivity contribution is 6.11. The number of pyridine rings is 2. The highest BCUT2D eigenvalue weighted by Gasteiger charge is 2.18. The predicted octanol–water partition coefficient (Wildman–Crippen LogP) is 15.5. The Morgan fingerprint density at radius 2 is 0.656 bits per heavy atom. The Kier molecular flexibility index (Phi) is 7.30. The maximum Gasteiger partial charge on any atom is 0.135 e. The standard InChI is InChI=1S/C58H34N4O2/c1-3-15-49-43(13-1)57-51(17-7-27-59-57)61(49)41-21-25-55-47(33-41)45-31-39(19-23-53(45)63-55)37-11-5-9-35(29-37)36-10-6-12-38(30-36)40-20-24-54-46(32-40)48-34-42(22-26-56(48)64-54)62-50-16-4-2-14-44(50)58-52(62)18-8-28-60-58/h1-34H. The molecule has 6 heterocycles. The summed E-state index contributed by atoms with van der Waals surface area (Å²) in [6, 6.07) is 68.9. The van der Waals surface area contributed by atoms with Crippen LogP contribution in [0.2, 0.25) is 0 Å². The van der Waals surface area contributed by atoms with Crippen molar-refractivity contribution in [2.24, 2.45) is 0 Å². The minimum Gasteiger partial charge on any atom is -0.456 e. The van der Waals surface area contributed by atoms with Gasteiger partial charge in [0.15, 0.2) is 0 Å². The number of rotatable bonds is 5. The van der Waals surface area contributed by atoms with Gasteiger partial charge in [-0.2, -0.15) is 0 Å². The third-order valence-electron chi connectivity index (χ3n) is 13.0. The SMILES string of the molecule is c1cc(-c2cccc(-c3ccc4oc5ccc(-n6c7ccccc7c7ncccc76)cc5c4c3)c2)cc(-c2ccc3oc4ccc(-n5c6ccccc6c6ncccc65)cc4c3c2)c1. The largest absolute Gasteiger partial charge is 0.456 e. The molecule has 0 spiro atoms. The Hall–Kier alpha value is -8.74. The Morgan fingerprint density at radius 1 is 0.281 bits per heavy atom. The van der Waals surface area contributed by atoms with Gasteiger partial charge in [-0.15, -0.1) is 0 Å². The van der Waals surface area contributed by atoms with Crippen LogP contribution in [0.5, 0.6) is 0 Å². The lowest BCUT2D eigenvalue weighted by molar-refractivity contribution is 0.668. The van der Waals surface area contributed by atoms with Gasteiger partial charge in [-0.1, -0.05) is 84.9 Å². The molecule has 0 N–H and O–H groups in total.